The highest BCUT2D eigenvalue weighted by molar-refractivity contribution is 9.10. The number of nitrogens with zero attached hydrogens (tertiary/aromatic N) is 4. The first-order chi connectivity index (χ1) is 14.8. The van der Waals surface area contributed by atoms with Crippen LogP contribution in [0.3, 0.4) is 0 Å². The number of aromatic hydroxyl groups is 1. The molecule has 1 aromatic heterocycles. The number of benzene rings is 3. The predicted octanol–water partition coefficient (Wildman–Crippen LogP) is 5.53. The lowest BCUT2D eigenvalue weighted by molar-refractivity contribution is -0.394. The van der Waals surface area contributed by atoms with E-state index in [-0.39, 0.29) is 5.56 Å². The number of rotatable bonds is 5. The number of non-ortho nitro benzene ring substituents is 1. The number of hydrogen-bond acceptors (Lipinski definition) is 8. The third-order valence-electron chi connectivity index (χ3n) is 4.31. The number of oxazole rings is 1. The summed E-state index contributed by atoms with van der Waals surface area (Å²) in [4.78, 5) is 29.0. The lowest BCUT2D eigenvalue weighted by atomic mass is 10.1. The van der Waals surface area contributed by atoms with Gasteiger partial charge in [0.1, 0.15) is 5.52 Å². The zero-order chi connectivity index (χ0) is 22.1. The maximum Gasteiger partial charge on any atom is 0.318 e. The number of fused-ring (bicyclic) bond motifs is 1. The Morgan fingerprint density at radius 1 is 1.06 bits per heavy atom. The van der Waals surface area contributed by atoms with Crippen LogP contribution in [0.15, 0.2) is 68.5 Å². The van der Waals surface area contributed by atoms with Crippen LogP contribution in [0, 0.1) is 20.2 Å². The summed E-state index contributed by atoms with van der Waals surface area (Å²) in [5.41, 5.74) is 0.771. The van der Waals surface area contributed by atoms with Gasteiger partial charge >= 0.3 is 5.69 Å². The lowest BCUT2D eigenvalue weighted by Gasteiger charge is -2.01. The molecular weight excluding hydrogens is 472 g/mol. The van der Waals surface area contributed by atoms with Crippen molar-refractivity contribution in [1.29, 1.82) is 0 Å². The first kappa shape index (κ1) is 20.2. The largest absolute Gasteiger partial charge is 0.502 e. The average molecular weight is 483 g/mol. The minimum Gasteiger partial charge on any atom is -0.502 e. The molecule has 4 aromatic rings. The molecule has 0 bridgehead atoms. The van der Waals surface area contributed by atoms with Crippen LogP contribution < -0.4 is 0 Å². The van der Waals surface area contributed by atoms with E-state index in [0.29, 0.717) is 28.7 Å². The van der Waals surface area contributed by atoms with Crippen LogP contribution in [0.1, 0.15) is 5.56 Å². The predicted molar refractivity (Wildman–Crippen MR) is 116 cm³/mol. The Hall–Kier alpha value is -4.12. The minimum absolute atomic E-state index is 0.159. The van der Waals surface area contributed by atoms with Crippen LogP contribution in [0.25, 0.3) is 22.6 Å². The molecule has 0 aliphatic heterocycles. The van der Waals surface area contributed by atoms with E-state index in [2.05, 4.69) is 25.9 Å². The number of nitro groups is 2. The van der Waals surface area contributed by atoms with Gasteiger partial charge in [0.15, 0.2) is 5.58 Å². The molecule has 0 aliphatic carbocycles. The summed E-state index contributed by atoms with van der Waals surface area (Å²) in [6.45, 7) is 0. The molecule has 0 saturated heterocycles. The molecule has 4 rings (SSSR count). The molecule has 0 atom stereocenters. The normalized spacial score (nSPS) is 11.3. The van der Waals surface area contributed by atoms with Gasteiger partial charge in [0.25, 0.3) is 5.69 Å². The second-order valence-corrected chi connectivity index (χ2v) is 7.27. The molecule has 154 valence electrons. The van der Waals surface area contributed by atoms with Gasteiger partial charge in [0, 0.05) is 33.9 Å². The van der Waals surface area contributed by atoms with Gasteiger partial charge in [-0.15, -0.1) is 0 Å². The van der Waals surface area contributed by atoms with Crippen LogP contribution in [0.5, 0.6) is 5.75 Å². The SMILES string of the molecule is O=[N+]([O-])c1cc(C=Nc2ccc3nc(-c4cccc(Br)c4)oc3c2)c(O)c([N+](=O)[O-])c1. The first-order valence-electron chi connectivity index (χ1n) is 8.68. The van der Waals surface area contributed by atoms with Crippen LogP contribution in [-0.4, -0.2) is 26.2 Å². The Labute approximate surface area is 181 Å². The first-order valence-corrected chi connectivity index (χ1v) is 9.47. The second-order valence-electron chi connectivity index (χ2n) is 6.36. The van der Waals surface area contributed by atoms with Crippen molar-refractivity contribution in [3.63, 3.8) is 0 Å². The van der Waals surface area contributed by atoms with Crippen molar-refractivity contribution in [3.05, 3.63) is 84.9 Å². The third kappa shape index (κ3) is 4.12. The molecule has 0 saturated carbocycles. The van der Waals surface area contributed by atoms with Crippen LogP contribution in [0.2, 0.25) is 0 Å². The number of halogens is 1. The van der Waals surface area contributed by atoms with Gasteiger partial charge in [0.2, 0.25) is 11.6 Å². The van der Waals surface area contributed by atoms with E-state index in [1.807, 2.05) is 24.3 Å². The van der Waals surface area contributed by atoms with Gasteiger partial charge in [-0.3, -0.25) is 25.2 Å². The van der Waals surface area contributed by atoms with E-state index in [0.717, 1.165) is 22.3 Å². The molecule has 10 nitrogen and oxygen atoms in total. The zero-order valence-corrected chi connectivity index (χ0v) is 17.0. The fourth-order valence-corrected chi connectivity index (χ4v) is 3.25. The molecule has 1 heterocycles. The fourth-order valence-electron chi connectivity index (χ4n) is 2.85. The van der Waals surface area contributed by atoms with E-state index < -0.39 is 27.0 Å². The molecule has 11 heteroatoms. The molecule has 0 unspecified atom stereocenters. The van der Waals surface area contributed by atoms with Gasteiger partial charge in [-0.25, -0.2) is 4.98 Å². The summed E-state index contributed by atoms with van der Waals surface area (Å²) in [5, 5.41) is 32.2. The van der Waals surface area contributed by atoms with Gasteiger partial charge < -0.3 is 9.52 Å². The number of nitro benzene ring substituents is 2. The van der Waals surface area contributed by atoms with Crippen molar-refractivity contribution in [2.45, 2.75) is 0 Å². The lowest BCUT2D eigenvalue weighted by Crippen LogP contribution is -1.96. The molecule has 0 radical (unpaired) electrons. The number of aliphatic imine (C=N–C) groups is 1. The Balaban J connectivity index is 1.70. The molecular formula is C20H11BrN4O6. The molecule has 0 amide bonds. The van der Waals surface area contributed by atoms with Gasteiger partial charge in [-0.1, -0.05) is 22.0 Å². The topological polar surface area (TPSA) is 145 Å². The zero-order valence-electron chi connectivity index (χ0n) is 15.4. The standard InChI is InChI=1S/C20H11BrN4O6/c21-13-3-1-2-11(6-13)20-23-16-5-4-14(8-18(16)31-20)22-10-12-7-15(24(27)28)9-17(19(12)26)25(29)30/h1-10,26H. The van der Waals surface area contributed by atoms with Crippen molar-refractivity contribution in [1.82, 2.24) is 4.98 Å². The minimum atomic E-state index is -0.899. The van der Waals surface area contributed by atoms with Crippen molar-refractivity contribution < 1.29 is 19.4 Å². The molecule has 0 spiro atoms. The summed E-state index contributed by atoms with van der Waals surface area (Å²) < 4.78 is 6.67. The molecule has 3 aromatic carbocycles. The van der Waals surface area contributed by atoms with E-state index >= 15 is 0 Å². The molecule has 0 fully saturated rings. The Morgan fingerprint density at radius 2 is 1.87 bits per heavy atom. The van der Waals surface area contributed by atoms with Crippen LogP contribution in [-0.2, 0) is 0 Å². The quantitative estimate of drug-likeness (QED) is 0.223. The number of phenolic OH excluding ortho intramolecular Hbond substituents is 1. The Bertz CT molecular complexity index is 1380. The summed E-state index contributed by atoms with van der Waals surface area (Å²) in [6, 6.07) is 14.1. The fraction of sp³-hybridized carbons (Fsp3) is 0. The molecule has 1 N–H and O–H groups in total. The number of aromatic nitrogens is 1. The maximum absolute atomic E-state index is 11.1. The molecule has 31 heavy (non-hydrogen) atoms. The summed E-state index contributed by atoms with van der Waals surface area (Å²) >= 11 is 3.40. The summed E-state index contributed by atoms with van der Waals surface area (Å²) in [6.07, 6.45) is 1.11. The van der Waals surface area contributed by atoms with Gasteiger partial charge in [-0.05, 0) is 30.3 Å². The van der Waals surface area contributed by atoms with E-state index in [1.165, 1.54) is 0 Å². The highest BCUT2D eigenvalue weighted by Crippen LogP contribution is 2.34. The third-order valence-corrected chi connectivity index (χ3v) is 4.80. The summed E-state index contributed by atoms with van der Waals surface area (Å²) in [7, 11) is 0. The van der Waals surface area contributed by atoms with Crippen molar-refractivity contribution in [2.24, 2.45) is 4.99 Å². The van der Waals surface area contributed by atoms with Crippen molar-refractivity contribution in [3.8, 4) is 17.2 Å². The van der Waals surface area contributed by atoms with Crippen molar-refractivity contribution in [2.75, 3.05) is 0 Å². The highest BCUT2D eigenvalue weighted by Gasteiger charge is 2.23. The van der Waals surface area contributed by atoms with E-state index in [1.54, 1.807) is 18.2 Å². The molecule has 0 aliphatic rings. The number of hydrogen-bond donors (Lipinski definition) is 1. The Kier molecular flexibility index (Phi) is 5.17. The average Bonchev–Trinajstić information content (AvgIpc) is 3.16. The second kappa shape index (κ2) is 7.95. The van der Waals surface area contributed by atoms with Crippen LogP contribution in [0.4, 0.5) is 17.1 Å². The maximum atomic E-state index is 11.1. The summed E-state index contributed by atoms with van der Waals surface area (Å²) in [5.74, 6) is -0.290. The van der Waals surface area contributed by atoms with Gasteiger partial charge in [-0.2, -0.15) is 0 Å². The highest BCUT2D eigenvalue weighted by atomic mass is 79.9. The van der Waals surface area contributed by atoms with Crippen molar-refractivity contribution >= 4 is 50.3 Å². The smallest absolute Gasteiger partial charge is 0.318 e. The number of phenols is 1. The van der Waals surface area contributed by atoms with Crippen LogP contribution >= 0.6 is 15.9 Å². The monoisotopic (exact) mass is 482 g/mol. The van der Waals surface area contributed by atoms with Gasteiger partial charge in [0.05, 0.1) is 21.6 Å². The van der Waals surface area contributed by atoms with E-state index in [9.17, 15) is 25.3 Å². The Morgan fingerprint density at radius 3 is 2.58 bits per heavy atom. The van der Waals surface area contributed by atoms with E-state index in [4.69, 9.17) is 4.42 Å².